The Morgan fingerprint density at radius 3 is 2.44 bits per heavy atom. The van der Waals surface area contributed by atoms with E-state index < -0.39 is 0 Å². The van der Waals surface area contributed by atoms with E-state index in [-0.39, 0.29) is 5.91 Å². The molecule has 1 fully saturated rings. The molecule has 0 bridgehead atoms. The Labute approximate surface area is 109 Å². The Morgan fingerprint density at radius 1 is 1.28 bits per heavy atom. The molecule has 0 spiro atoms. The number of likely N-dealkylation sites (tertiary alicyclic amines) is 1. The molecule has 1 amide bonds. The molecule has 3 heteroatoms. The van der Waals surface area contributed by atoms with Gasteiger partial charge in [-0.2, -0.15) is 0 Å². The van der Waals surface area contributed by atoms with Crippen molar-refractivity contribution < 1.29 is 4.79 Å². The minimum Gasteiger partial charge on any atom is -0.399 e. The molecule has 2 atom stereocenters. The largest absolute Gasteiger partial charge is 0.399 e. The SMILES string of the molecule is Cc1cc(C(=O)N2C[C@@H](C)C[C@H](C)C2)ccc1N. The van der Waals surface area contributed by atoms with Crippen LogP contribution in [0.5, 0.6) is 0 Å². The average Bonchev–Trinajstić information content (AvgIpc) is 2.30. The zero-order valence-electron chi connectivity index (χ0n) is 11.4. The lowest BCUT2D eigenvalue weighted by atomic mass is 9.91. The van der Waals surface area contributed by atoms with Gasteiger partial charge in [0, 0.05) is 24.3 Å². The van der Waals surface area contributed by atoms with Crippen molar-refractivity contribution in [2.24, 2.45) is 11.8 Å². The Morgan fingerprint density at radius 2 is 1.89 bits per heavy atom. The number of carbonyl (C=O) groups is 1. The molecule has 1 saturated heterocycles. The summed E-state index contributed by atoms with van der Waals surface area (Å²) in [6.07, 6.45) is 1.21. The second kappa shape index (κ2) is 5.01. The molecule has 1 heterocycles. The van der Waals surface area contributed by atoms with E-state index in [2.05, 4.69) is 13.8 Å². The van der Waals surface area contributed by atoms with Crippen LogP contribution in [0.2, 0.25) is 0 Å². The summed E-state index contributed by atoms with van der Waals surface area (Å²) < 4.78 is 0. The molecule has 1 aliphatic heterocycles. The van der Waals surface area contributed by atoms with Crippen molar-refractivity contribution in [3.05, 3.63) is 29.3 Å². The van der Waals surface area contributed by atoms with Crippen molar-refractivity contribution in [3.8, 4) is 0 Å². The van der Waals surface area contributed by atoms with E-state index >= 15 is 0 Å². The third kappa shape index (κ3) is 2.66. The molecule has 98 valence electrons. The van der Waals surface area contributed by atoms with E-state index in [1.54, 1.807) is 0 Å². The molecule has 3 nitrogen and oxygen atoms in total. The zero-order valence-corrected chi connectivity index (χ0v) is 11.4. The maximum Gasteiger partial charge on any atom is 0.253 e. The summed E-state index contributed by atoms with van der Waals surface area (Å²) in [5.41, 5.74) is 8.25. The molecule has 18 heavy (non-hydrogen) atoms. The maximum absolute atomic E-state index is 12.4. The highest BCUT2D eigenvalue weighted by Crippen LogP contribution is 2.23. The van der Waals surface area contributed by atoms with Gasteiger partial charge in [0.15, 0.2) is 0 Å². The molecule has 0 aliphatic carbocycles. The molecule has 2 N–H and O–H groups in total. The number of aryl methyl sites for hydroxylation is 1. The highest BCUT2D eigenvalue weighted by molar-refractivity contribution is 5.95. The highest BCUT2D eigenvalue weighted by atomic mass is 16.2. The Kier molecular flexibility index (Phi) is 3.60. The van der Waals surface area contributed by atoms with Crippen molar-refractivity contribution in [2.45, 2.75) is 27.2 Å². The topological polar surface area (TPSA) is 46.3 Å². The molecule has 0 saturated carbocycles. The van der Waals surface area contributed by atoms with Crippen LogP contribution in [0.3, 0.4) is 0 Å². The minimum atomic E-state index is 0.136. The van der Waals surface area contributed by atoms with E-state index in [4.69, 9.17) is 5.73 Å². The number of nitrogen functional groups attached to an aromatic ring is 1. The summed E-state index contributed by atoms with van der Waals surface area (Å²) in [4.78, 5) is 14.4. The first-order valence-corrected chi connectivity index (χ1v) is 6.62. The highest BCUT2D eigenvalue weighted by Gasteiger charge is 2.26. The fraction of sp³-hybridized carbons (Fsp3) is 0.533. The van der Waals surface area contributed by atoms with Gasteiger partial charge in [-0.05, 0) is 48.9 Å². The van der Waals surface area contributed by atoms with Crippen LogP contribution in [-0.4, -0.2) is 23.9 Å². The molecular formula is C15H22N2O. The molecule has 1 aromatic rings. The molecule has 1 aromatic carbocycles. The van der Waals surface area contributed by atoms with E-state index in [0.29, 0.717) is 11.8 Å². The van der Waals surface area contributed by atoms with Gasteiger partial charge in [-0.3, -0.25) is 4.79 Å². The quantitative estimate of drug-likeness (QED) is 0.774. The Bertz CT molecular complexity index is 446. The van der Waals surface area contributed by atoms with Gasteiger partial charge in [0.2, 0.25) is 0 Å². The van der Waals surface area contributed by atoms with Gasteiger partial charge < -0.3 is 10.6 Å². The van der Waals surface area contributed by atoms with Crippen molar-refractivity contribution in [3.63, 3.8) is 0 Å². The van der Waals surface area contributed by atoms with Crippen molar-refractivity contribution in [2.75, 3.05) is 18.8 Å². The number of nitrogens with two attached hydrogens (primary N) is 1. The number of hydrogen-bond acceptors (Lipinski definition) is 2. The van der Waals surface area contributed by atoms with Gasteiger partial charge in [-0.15, -0.1) is 0 Å². The number of hydrogen-bond donors (Lipinski definition) is 1. The molecule has 0 aromatic heterocycles. The lowest BCUT2D eigenvalue weighted by molar-refractivity contribution is 0.0623. The monoisotopic (exact) mass is 246 g/mol. The summed E-state index contributed by atoms with van der Waals surface area (Å²) in [5.74, 6) is 1.32. The van der Waals surface area contributed by atoms with Crippen LogP contribution in [0.15, 0.2) is 18.2 Å². The zero-order chi connectivity index (χ0) is 13.3. The van der Waals surface area contributed by atoms with Gasteiger partial charge in [-0.1, -0.05) is 13.8 Å². The Hall–Kier alpha value is -1.51. The third-order valence-corrected chi connectivity index (χ3v) is 3.67. The first kappa shape index (κ1) is 12.9. The molecule has 0 radical (unpaired) electrons. The number of rotatable bonds is 1. The summed E-state index contributed by atoms with van der Waals surface area (Å²) in [5, 5.41) is 0. The maximum atomic E-state index is 12.4. The molecule has 2 rings (SSSR count). The lowest BCUT2D eigenvalue weighted by Crippen LogP contribution is -2.42. The van der Waals surface area contributed by atoms with Gasteiger partial charge in [0.1, 0.15) is 0 Å². The van der Waals surface area contributed by atoms with Crippen molar-refractivity contribution in [1.82, 2.24) is 4.90 Å². The normalized spacial score (nSPS) is 24.1. The van der Waals surface area contributed by atoms with Crippen molar-refractivity contribution >= 4 is 11.6 Å². The first-order valence-electron chi connectivity index (χ1n) is 6.62. The van der Waals surface area contributed by atoms with E-state index in [9.17, 15) is 4.79 Å². The molecule has 0 unspecified atom stereocenters. The molecule has 1 aliphatic rings. The van der Waals surface area contributed by atoms with E-state index in [0.717, 1.165) is 29.9 Å². The van der Waals surface area contributed by atoms with Crippen LogP contribution < -0.4 is 5.73 Å². The number of anilines is 1. The predicted molar refractivity (Wildman–Crippen MR) is 74.4 cm³/mol. The predicted octanol–water partition coefficient (Wildman–Crippen LogP) is 2.70. The third-order valence-electron chi connectivity index (χ3n) is 3.67. The summed E-state index contributed by atoms with van der Waals surface area (Å²) >= 11 is 0. The fourth-order valence-electron chi connectivity index (χ4n) is 2.82. The van der Waals surface area contributed by atoms with Crippen LogP contribution in [0.4, 0.5) is 5.69 Å². The van der Waals surface area contributed by atoms with Gasteiger partial charge in [0.25, 0.3) is 5.91 Å². The van der Waals surface area contributed by atoms with Crippen LogP contribution in [0.1, 0.15) is 36.2 Å². The van der Waals surface area contributed by atoms with Crippen LogP contribution >= 0.6 is 0 Å². The number of piperidine rings is 1. The van der Waals surface area contributed by atoms with Crippen molar-refractivity contribution in [1.29, 1.82) is 0 Å². The number of carbonyl (C=O) groups excluding carboxylic acids is 1. The minimum absolute atomic E-state index is 0.136. The van der Waals surface area contributed by atoms with E-state index in [1.807, 2.05) is 30.0 Å². The summed E-state index contributed by atoms with van der Waals surface area (Å²) in [6.45, 7) is 8.10. The standard InChI is InChI=1S/C15H22N2O/c1-10-6-11(2)9-17(8-10)15(18)13-4-5-14(16)12(3)7-13/h4-5,7,10-11H,6,8-9,16H2,1-3H3/t10-,11-/m0/s1. The summed E-state index contributed by atoms with van der Waals surface area (Å²) in [7, 11) is 0. The van der Waals surface area contributed by atoms with Crippen LogP contribution in [0.25, 0.3) is 0 Å². The van der Waals surface area contributed by atoms with Gasteiger partial charge >= 0.3 is 0 Å². The average molecular weight is 246 g/mol. The van der Waals surface area contributed by atoms with Gasteiger partial charge in [-0.25, -0.2) is 0 Å². The second-order valence-electron chi connectivity index (χ2n) is 5.73. The van der Waals surface area contributed by atoms with Crippen LogP contribution in [0, 0.1) is 18.8 Å². The Balaban J connectivity index is 2.17. The number of amides is 1. The van der Waals surface area contributed by atoms with Gasteiger partial charge in [0.05, 0.1) is 0 Å². The number of nitrogens with zero attached hydrogens (tertiary/aromatic N) is 1. The second-order valence-corrected chi connectivity index (χ2v) is 5.73. The van der Waals surface area contributed by atoms with E-state index in [1.165, 1.54) is 6.42 Å². The lowest BCUT2D eigenvalue weighted by Gasteiger charge is -2.35. The fourth-order valence-corrected chi connectivity index (χ4v) is 2.82. The van der Waals surface area contributed by atoms with Crippen LogP contribution in [-0.2, 0) is 0 Å². The summed E-state index contributed by atoms with van der Waals surface area (Å²) in [6, 6.07) is 5.54. The first-order chi connectivity index (χ1) is 8.47. The molecular weight excluding hydrogens is 224 g/mol. The smallest absolute Gasteiger partial charge is 0.253 e. The number of benzene rings is 1.